The number of benzene rings is 2. The second kappa shape index (κ2) is 8.70. The molecule has 0 aliphatic rings. The number of hydrogen-bond donors (Lipinski definition) is 0. The zero-order valence-corrected chi connectivity index (χ0v) is 20.2. The van der Waals surface area contributed by atoms with Gasteiger partial charge in [0.2, 0.25) is 0 Å². The number of halogens is 2. The van der Waals surface area contributed by atoms with Crippen LogP contribution in [0.2, 0.25) is 0 Å². The summed E-state index contributed by atoms with van der Waals surface area (Å²) >= 11 is -2.59. The molecule has 0 fully saturated rings. The molecule has 0 saturated carbocycles. The van der Waals surface area contributed by atoms with Gasteiger partial charge in [-0.05, 0) is 0 Å². The van der Waals surface area contributed by atoms with Crippen LogP contribution in [0, 0.1) is 0 Å². The van der Waals surface area contributed by atoms with Crippen LogP contribution < -0.4 is 3.32 Å². The summed E-state index contributed by atoms with van der Waals surface area (Å²) < 4.78 is 6.05. The van der Waals surface area contributed by atoms with Crippen LogP contribution in [0.1, 0.15) is 65.2 Å². The van der Waals surface area contributed by atoms with Crippen molar-refractivity contribution in [2.24, 2.45) is 4.99 Å². The Bertz CT molecular complexity index is 819. The van der Waals surface area contributed by atoms with Gasteiger partial charge in [-0.15, -0.1) is 0 Å². The molecular formula is C22H28Cl2NOTi. The molecule has 0 N–H and O–H groups in total. The summed E-state index contributed by atoms with van der Waals surface area (Å²) in [6.45, 7) is 15.2. The van der Waals surface area contributed by atoms with Gasteiger partial charge in [-0.25, -0.2) is 0 Å². The maximum atomic E-state index is 6.17. The van der Waals surface area contributed by atoms with Crippen molar-refractivity contribution in [3.05, 3.63) is 59.2 Å². The van der Waals surface area contributed by atoms with Gasteiger partial charge < -0.3 is 0 Å². The first-order chi connectivity index (χ1) is 12.4. The number of para-hydroxylation sites is 1. The van der Waals surface area contributed by atoms with Crippen molar-refractivity contribution in [2.45, 2.75) is 59.3 Å². The number of nitrogens with zero attached hydrogens (tertiary/aromatic N) is 1. The van der Waals surface area contributed by atoms with Gasteiger partial charge in [-0.2, -0.15) is 0 Å². The van der Waals surface area contributed by atoms with Gasteiger partial charge >= 0.3 is 179 Å². The number of rotatable bonds is 4. The second-order valence-electron chi connectivity index (χ2n) is 8.76. The first kappa shape index (κ1) is 22.5. The van der Waals surface area contributed by atoms with Crippen molar-refractivity contribution in [1.29, 1.82) is 0 Å². The molecule has 0 bridgehead atoms. The van der Waals surface area contributed by atoms with E-state index in [1.165, 1.54) is 5.56 Å². The van der Waals surface area contributed by atoms with E-state index in [2.05, 4.69) is 53.7 Å². The summed E-state index contributed by atoms with van der Waals surface area (Å²) in [5, 5.41) is 0. The number of aliphatic imine (C=N–C) groups is 1. The van der Waals surface area contributed by atoms with Gasteiger partial charge in [-0.3, -0.25) is 0 Å². The molecule has 0 aromatic heterocycles. The van der Waals surface area contributed by atoms with Gasteiger partial charge in [0, 0.05) is 0 Å². The average Bonchev–Trinajstić information content (AvgIpc) is 2.53. The van der Waals surface area contributed by atoms with Gasteiger partial charge in [0.1, 0.15) is 0 Å². The van der Waals surface area contributed by atoms with E-state index in [9.17, 15) is 0 Å². The number of hydrogen-bond acceptors (Lipinski definition) is 2. The van der Waals surface area contributed by atoms with E-state index in [4.69, 9.17) is 26.9 Å². The Morgan fingerprint density at radius 2 is 1.52 bits per heavy atom. The minimum absolute atomic E-state index is 0.00134. The summed E-state index contributed by atoms with van der Waals surface area (Å²) in [5.74, 6) is 0.771. The monoisotopic (exact) mass is 440 g/mol. The Kier molecular flexibility index (Phi) is 7.25. The Balaban J connectivity index is 2.77. The van der Waals surface area contributed by atoms with Crippen LogP contribution in [-0.2, 0) is 27.0 Å². The zero-order chi connectivity index (χ0) is 20.4. The fraction of sp³-hybridized carbons (Fsp3) is 0.409. The third kappa shape index (κ3) is 6.09. The Labute approximate surface area is 178 Å². The summed E-state index contributed by atoms with van der Waals surface area (Å²) in [4.78, 5) is 4.81. The predicted octanol–water partition coefficient (Wildman–Crippen LogP) is 7.64. The van der Waals surface area contributed by atoms with E-state index in [-0.39, 0.29) is 10.8 Å². The average molecular weight is 441 g/mol. The topological polar surface area (TPSA) is 21.6 Å². The van der Waals surface area contributed by atoms with Gasteiger partial charge in [0.15, 0.2) is 0 Å². The molecule has 5 heteroatoms. The molecule has 0 aliphatic heterocycles. The summed E-state index contributed by atoms with van der Waals surface area (Å²) in [5.41, 5.74) is 5.00. The molecule has 145 valence electrons. The molecule has 0 aliphatic carbocycles. The molecule has 27 heavy (non-hydrogen) atoms. The van der Waals surface area contributed by atoms with Crippen molar-refractivity contribution in [3.63, 3.8) is 0 Å². The van der Waals surface area contributed by atoms with E-state index in [0.717, 1.165) is 28.3 Å². The van der Waals surface area contributed by atoms with Gasteiger partial charge in [0.05, 0.1) is 0 Å². The summed E-state index contributed by atoms with van der Waals surface area (Å²) in [6, 6.07) is 14.3. The first-order valence-electron chi connectivity index (χ1n) is 9.05. The molecule has 2 aromatic rings. The maximum absolute atomic E-state index is 6.17. The standard InChI is InChI=1S/C22H29NO.2ClH.Ti/c1-15(23-17-11-9-8-10-12-17)18-13-16(21(2,3)4)14-19(20(18)24)22(5,6)7;;;/h8-14,24H,1-7H3;2*1H;/q;;;+3/p-3. The quantitative estimate of drug-likeness (QED) is 0.353. The third-order valence-electron chi connectivity index (χ3n) is 4.38. The van der Waals surface area contributed by atoms with E-state index in [1.54, 1.807) is 0 Å². The van der Waals surface area contributed by atoms with Crippen molar-refractivity contribution >= 4 is 30.0 Å². The Morgan fingerprint density at radius 3 is 2.00 bits per heavy atom. The SMILES string of the molecule is CC(=Nc1ccccc1)c1cc(C(C)(C)C)cc(C(C)(C)C)c1[O][Ti]([Cl])[Cl]. The molecule has 0 spiro atoms. The van der Waals surface area contributed by atoms with Crippen LogP contribution in [0.4, 0.5) is 5.69 Å². The van der Waals surface area contributed by atoms with E-state index in [1.807, 2.05) is 37.3 Å². The predicted molar refractivity (Wildman–Crippen MR) is 114 cm³/mol. The summed E-state index contributed by atoms with van der Waals surface area (Å²) in [6.07, 6.45) is 0. The molecule has 0 atom stereocenters. The van der Waals surface area contributed by atoms with E-state index < -0.39 is 16.1 Å². The van der Waals surface area contributed by atoms with Crippen molar-refractivity contribution in [2.75, 3.05) is 0 Å². The molecule has 0 heterocycles. The van der Waals surface area contributed by atoms with Crippen LogP contribution in [-0.4, -0.2) is 5.71 Å². The zero-order valence-electron chi connectivity index (χ0n) is 17.2. The van der Waals surface area contributed by atoms with Crippen LogP contribution in [0.3, 0.4) is 0 Å². The molecule has 2 aromatic carbocycles. The van der Waals surface area contributed by atoms with Crippen molar-refractivity contribution in [3.8, 4) is 5.75 Å². The van der Waals surface area contributed by atoms with Crippen LogP contribution in [0.15, 0.2) is 47.5 Å². The normalized spacial score (nSPS) is 12.9. The minimum atomic E-state index is -2.59. The first-order valence-corrected chi connectivity index (χ1v) is 14.0. The van der Waals surface area contributed by atoms with Crippen LogP contribution in [0.25, 0.3) is 0 Å². The van der Waals surface area contributed by atoms with Crippen LogP contribution in [0.5, 0.6) is 5.75 Å². The fourth-order valence-corrected chi connectivity index (χ4v) is 4.05. The van der Waals surface area contributed by atoms with Crippen molar-refractivity contribution < 1.29 is 19.5 Å². The van der Waals surface area contributed by atoms with Crippen LogP contribution >= 0.6 is 18.6 Å². The Hall–Kier alpha value is -0.796. The Morgan fingerprint density at radius 1 is 0.926 bits per heavy atom. The van der Waals surface area contributed by atoms with E-state index in [0.29, 0.717) is 0 Å². The van der Waals surface area contributed by atoms with Gasteiger partial charge in [0.25, 0.3) is 0 Å². The fourth-order valence-electron chi connectivity index (χ4n) is 2.83. The molecule has 2 rings (SSSR count). The molecule has 0 unspecified atom stereocenters. The molecule has 0 radical (unpaired) electrons. The second-order valence-corrected chi connectivity index (χ2v) is 13.4. The molecule has 0 saturated heterocycles. The molecule has 0 amide bonds. The molecule has 2 nitrogen and oxygen atoms in total. The van der Waals surface area contributed by atoms with E-state index >= 15 is 0 Å². The van der Waals surface area contributed by atoms with Gasteiger partial charge in [-0.1, -0.05) is 0 Å². The molecular weight excluding hydrogens is 413 g/mol. The van der Waals surface area contributed by atoms with Crippen molar-refractivity contribution in [1.82, 2.24) is 0 Å². The summed E-state index contributed by atoms with van der Waals surface area (Å²) in [7, 11) is 12.3. The third-order valence-corrected chi connectivity index (χ3v) is 5.58.